The van der Waals surface area contributed by atoms with Gasteiger partial charge < -0.3 is 0 Å². The van der Waals surface area contributed by atoms with Gasteiger partial charge in [0.25, 0.3) is 0 Å². The molecule has 0 spiro atoms. The molecule has 0 saturated carbocycles. The smallest absolute Gasteiger partial charge is 0.130 e. The first-order valence-electron chi connectivity index (χ1n) is 9.61. The number of fused-ring (bicyclic) bond motifs is 1. The molecule has 0 radical (unpaired) electrons. The van der Waals surface area contributed by atoms with Crippen LogP contribution in [0.2, 0.25) is 0 Å². The Bertz CT molecular complexity index is 967. The maximum atomic E-state index is 12.0. The Balaban J connectivity index is 1.81. The molecule has 1 nitrogen and oxygen atoms in total. The highest BCUT2D eigenvalue weighted by atomic mass is 16.1. The monoisotopic (exact) mass is 352 g/mol. The van der Waals surface area contributed by atoms with Crippen LogP contribution in [0.1, 0.15) is 41.5 Å². The SMILES string of the molecule is CC(=O)CC1C(Cc2ccccc2)=C(Cc2ccccc2)c2ccccc21. The van der Waals surface area contributed by atoms with Crippen molar-refractivity contribution >= 4 is 11.4 Å². The number of ketones is 1. The van der Waals surface area contributed by atoms with Gasteiger partial charge in [0.2, 0.25) is 0 Å². The molecule has 0 aliphatic heterocycles. The minimum absolute atomic E-state index is 0.192. The second kappa shape index (κ2) is 7.75. The van der Waals surface area contributed by atoms with Crippen LogP contribution < -0.4 is 0 Å². The van der Waals surface area contributed by atoms with Gasteiger partial charge in [0.15, 0.2) is 0 Å². The van der Waals surface area contributed by atoms with E-state index in [1.807, 2.05) is 0 Å². The number of Topliss-reactive ketones (excluding diaryl/α,β-unsaturated/α-hetero) is 1. The van der Waals surface area contributed by atoms with E-state index in [0.717, 1.165) is 12.8 Å². The molecular weight excluding hydrogens is 328 g/mol. The highest BCUT2D eigenvalue weighted by Gasteiger charge is 2.31. The summed E-state index contributed by atoms with van der Waals surface area (Å²) in [5.41, 5.74) is 8.05. The Morgan fingerprint density at radius 3 is 1.93 bits per heavy atom. The minimum Gasteiger partial charge on any atom is -0.300 e. The summed E-state index contributed by atoms with van der Waals surface area (Å²) in [6.45, 7) is 1.71. The molecule has 4 rings (SSSR count). The number of hydrogen-bond donors (Lipinski definition) is 0. The van der Waals surface area contributed by atoms with Crippen LogP contribution in [0, 0.1) is 0 Å². The van der Waals surface area contributed by atoms with Crippen molar-refractivity contribution in [3.05, 3.63) is 113 Å². The van der Waals surface area contributed by atoms with Gasteiger partial charge in [-0.05, 0) is 47.6 Å². The molecular formula is C26H24O. The predicted molar refractivity (Wildman–Crippen MR) is 112 cm³/mol. The summed E-state index contributed by atoms with van der Waals surface area (Å²) in [5, 5.41) is 0. The summed E-state index contributed by atoms with van der Waals surface area (Å²) in [4.78, 5) is 12.0. The molecule has 0 fully saturated rings. The minimum atomic E-state index is 0.192. The van der Waals surface area contributed by atoms with E-state index in [-0.39, 0.29) is 11.7 Å². The number of hydrogen-bond acceptors (Lipinski definition) is 1. The average molecular weight is 352 g/mol. The van der Waals surface area contributed by atoms with Crippen LogP contribution in [0.3, 0.4) is 0 Å². The fourth-order valence-corrected chi connectivity index (χ4v) is 4.22. The van der Waals surface area contributed by atoms with Gasteiger partial charge in [-0.2, -0.15) is 0 Å². The highest BCUT2D eigenvalue weighted by molar-refractivity contribution is 5.84. The molecule has 0 N–H and O–H groups in total. The van der Waals surface area contributed by atoms with E-state index in [4.69, 9.17) is 0 Å². The third-order valence-corrected chi connectivity index (χ3v) is 5.42. The fraction of sp³-hybridized carbons (Fsp3) is 0.192. The molecule has 0 saturated heterocycles. The molecule has 27 heavy (non-hydrogen) atoms. The van der Waals surface area contributed by atoms with Crippen molar-refractivity contribution in [1.82, 2.24) is 0 Å². The number of carbonyl (C=O) groups excluding carboxylic acids is 1. The second-order valence-electron chi connectivity index (χ2n) is 7.37. The lowest BCUT2D eigenvalue weighted by Crippen LogP contribution is -2.07. The van der Waals surface area contributed by atoms with Crippen LogP contribution in [0.15, 0.2) is 90.5 Å². The quantitative estimate of drug-likeness (QED) is 0.531. The standard InChI is InChI=1S/C26H24O/c1-19(27)16-24-22-14-8-9-15-23(22)25(17-20-10-4-2-5-11-20)26(24)18-21-12-6-3-7-13-21/h2-15,24H,16-18H2,1H3. The molecule has 0 aromatic heterocycles. The Hall–Kier alpha value is -2.93. The second-order valence-corrected chi connectivity index (χ2v) is 7.37. The van der Waals surface area contributed by atoms with Crippen molar-refractivity contribution in [2.75, 3.05) is 0 Å². The molecule has 0 bridgehead atoms. The van der Waals surface area contributed by atoms with Crippen molar-refractivity contribution in [2.24, 2.45) is 0 Å². The molecule has 3 aromatic rings. The van der Waals surface area contributed by atoms with Gasteiger partial charge >= 0.3 is 0 Å². The first-order valence-corrected chi connectivity index (χ1v) is 9.61. The number of carbonyl (C=O) groups is 1. The van der Waals surface area contributed by atoms with Crippen molar-refractivity contribution in [3.8, 4) is 0 Å². The number of rotatable bonds is 6. The first kappa shape index (κ1) is 17.5. The van der Waals surface area contributed by atoms with Crippen LogP contribution in [-0.4, -0.2) is 5.78 Å². The third-order valence-electron chi connectivity index (χ3n) is 5.42. The van der Waals surface area contributed by atoms with Gasteiger partial charge in [-0.3, -0.25) is 4.79 Å². The Morgan fingerprint density at radius 1 is 0.741 bits per heavy atom. The summed E-state index contributed by atoms with van der Waals surface area (Å²) < 4.78 is 0. The van der Waals surface area contributed by atoms with E-state index < -0.39 is 0 Å². The summed E-state index contributed by atoms with van der Waals surface area (Å²) in [6, 6.07) is 29.9. The largest absolute Gasteiger partial charge is 0.300 e. The van der Waals surface area contributed by atoms with Gasteiger partial charge in [-0.15, -0.1) is 0 Å². The number of allylic oxidation sites excluding steroid dienone is 2. The normalized spacial score (nSPS) is 15.7. The summed E-state index contributed by atoms with van der Waals surface area (Å²) in [5.74, 6) is 0.443. The van der Waals surface area contributed by atoms with Crippen LogP contribution in [0.4, 0.5) is 0 Å². The molecule has 0 heterocycles. The van der Waals surface area contributed by atoms with Crippen LogP contribution in [-0.2, 0) is 17.6 Å². The van der Waals surface area contributed by atoms with Gasteiger partial charge in [0.1, 0.15) is 5.78 Å². The average Bonchev–Trinajstić information content (AvgIpc) is 2.96. The van der Waals surface area contributed by atoms with Crippen LogP contribution >= 0.6 is 0 Å². The fourth-order valence-electron chi connectivity index (χ4n) is 4.22. The van der Waals surface area contributed by atoms with E-state index in [0.29, 0.717) is 6.42 Å². The van der Waals surface area contributed by atoms with Gasteiger partial charge in [-0.1, -0.05) is 90.5 Å². The third kappa shape index (κ3) is 3.78. The maximum absolute atomic E-state index is 12.0. The molecule has 1 unspecified atom stereocenters. The number of benzene rings is 3. The van der Waals surface area contributed by atoms with E-state index >= 15 is 0 Å². The highest BCUT2D eigenvalue weighted by Crippen LogP contribution is 2.46. The lowest BCUT2D eigenvalue weighted by molar-refractivity contribution is -0.117. The molecule has 1 aliphatic rings. The Kier molecular flexibility index (Phi) is 5.02. The molecule has 0 amide bonds. The van der Waals surface area contributed by atoms with Crippen molar-refractivity contribution in [2.45, 2.75) is 32.1 Å². The van der Waals surface area contributed by atoms with E-state index in [9.17, 15) is 4.79 Å². The zero-order chi connectivity index (χ0) is 18.6. The van der Waals surface area contributed by atoms with Crippen LogP contribution in [0.25, 0.3) is 5.57 Å². The van der Waals surface area contributed by atoms with E-state index in [2.05, 4.69) is 84.9 Å². The topological polar surface area (TPSA) is 17.1 Å². The Labute approximate surface area is 161 Å². The van der Waals surface area contributed by atoms with Gasteiger partial charge in [0, 0.05) is 12.3 Å². The first-order chi connectivity index (χ1) is 13.2. The van der Waals surface area contributed by atoms with Crippen LogP contribution in [0.5, 0.6) is 0 Å². The van der Waals surface area contributed by atoms with E-state index in [1.165, 1.54) is 33.4 Å². The summed E-state index contributed by atoms with van der Waals surface area (Å²) >= 11 is 0. The van der Waals surface area contributed by atoms with Gasteiger partial charge in [0.05, 0.1) is 0 Å². The zero-order valence-corrected chi connectivity index (χ0v) is 15.7. The summed E-state index contributed by atoms with van der Waals surface area (Å²) in [7, 11) is 0. The van der Waals surface area contributed by atoms with Crippen molar-refractivity contribution < 1.29 is 4.79 Å². The molecule has 3 aromatic carbocycles. The molecule has 134 valence electrons. The zero-order valence-electron chi connectivity index (χ0n) is 15.7. The predicted octanol–water partition coefficient (Wildman–Crippen LogP) is 6.00. The lowest BCUT2D eigenvalue weighted by Gasteiger charge is -2.16. The summed E-state index contributed by atoms with van der Waals surface area (Å²) in [6.07, 6.45) is 2.39. The molecule has 1 atom stereocenters. The lowest BCUT2D eigenvalue weighted by atomic mass is 9.87. The molecule has 1 heteroatoms. The van der Waals surface area contributed by atoms with E-state index in [1.54, 1.807) is 6.92 Å². The van der Waals surface area contributed by atoms with Crippen molar-refractivity contribution in [3.63, 3.8) is 0 Å². The molecule has 1 aliphatic carbocycles. The Morgan fingerprint density at radius 2 is 1.30 bits per heavy atom. The van der Waals surface area contributed by atoms with Crippen molar-refractivity contribution in [1.29, 1.82) is 0 Å². The van der Waals surface area contributed by atoms with Gasteiger partial charge in [-0.25, -0.2) is 0 Å². The maximum Gasteiger partial charge on any atom is 0.130 e.